The number of nitrogens with zero attached hydrogens (tertiary/aromatic N) is 1. The van der Waals surface area contributed by atoms with Gasteiger partial charge < -0.3 is 15.2 Å². The molecule has 1 aromatic rings. The highest BCUT2D eigenvalue weighted by Crippen LogP contribution is 2.12. The third-order valence-electron chi connectivity index (χ3n) is 1.61. The minimum atomic E-state index is -0.302. The largest absolute Gasteiger partial charge is 0.480 e. The minimum absolute atomic E-state index is 0.0890. The van der Waals surface area contributed by atoms with E-state index in [1.807, 2.05) is 0 Å². The van der Waals surface area contributed by atoms with Crippen LogP contribution in [0.5, 0.6) is 5.88 Å². The molecule has 0 atom stereocenters. The maximum Gasteiger partial charge on any atom is 0.256 e. The van der Waals surface area contributed by atoms with Gasteiger partial charge in [0.05, 0.1) is 13.7 Å². The molecule has 0 unspecified atom stereocenters. The number of nitrogens with one attached hydrogen (secondary N) is 1. The third kappa shape index (κ3) is 2.43. The van der Waals surface area contributed by atoms with Gasteiger partial charge in [-0.05, 0) is 12.1 Å². The topological polar surface area (TPSA) is 71.5 Å². The standard InChI is InChI=1S/C9H12N2O3/c1-14-9-7(3-2-4-11-9)8(13)10-5-6-12/h2-4,12H,5-6H2,1H3,(H,10,13). The van der Waals surface area contributed by atoms with Crippen LogP contribution in [0.2, 0.25) is 0 Å². The first kappa shape index (κ1) is 10.5. The molecule has 0 bridgehead atoms. The van der Waals surface area contributed by atoms with Gasteiger partial charge in [0, 0.05) is 12.7 Å². The average molecular weight is 196 g/mol. The molecule has 5 heteroatoms. The first-order valence-corrected chi connectivity index (χ1v) is 4.17. The molecule has 0 spiro atoms. The summed E-state index contributed by atoms with van der Waals surface area (Å²) < 4.78 is 4.91. The van der Waals surface area contributed by atoms with Crippen molar-refractivity contribution in [3.05, 3.63) is 23.9 Å². The molecular weight excluding hydrogens is 184 g/mol. The fourth-order valence-electron chi connectivity index (χ4n) is 0.991. The van der Waals surface area contributed by atoms with E-state index in [-0.39, 0.29) is 24.9 Å². The molecule has 1 rings (SSSR count). The lowest BCUT2D eigenvalue weighted by molar-refractivity contribution is 0.0941. The maximum absolute atomic E-state index is 11.4. The molecule has 0 radical (unpaired) electrons. The number of hydrogen-bond donors (Lipinski definition) is 2. The van der Waals surface area contributed by atoms with Gasteiger partial charge in [-0.3, -0.25) is 4.79 Å². The molecule has 1 aromatic heterocycles. The Morgan fingerprint density at radius 3 is 3.14 bits per heavy atom. The molecule has 1 heterocycles. The van der Waals surface area contributed by atoms with E-state index in [0.717, 1.165) is 0 Å². The zero-order chi connectivity index (χ0) is 10.4. The number of carbonyl (C=O) groups is 1. The molecular formula is C9H12N2O3. The molecule has 14 heavy (non-hydrogen) atoms. The summed E-state index contributed by atoms with van der Waals surface area (Å²) in [6.07, 6.45) is 1.54. The Balaban J connectivity index is 2.78. The van der Waals surface area contributed by atoms with Crippen LogP contribution in [0.3, 0.4) is 0 Å². The lowest BCUT2D eigenvalue weighted by Gasteiger charge is -2.06. The molecule has 0 saturated carbocycles. The van der Waals surface area contributed by atoms with E-state index in [1.54, 1.807) is 18.3 Å². The zero-order valence-electron chi connectivity index (χ0n) is 7.86. The number of rotatable bonds is 4. The summed E-state index contributed by atoms with van der Waals surface area (Å²) in [6.45, 7) is 0.130. The zero-order valence-corrected chi connectivity index (χ0v) is 7.86. The Morgan fingerprint density at radius 1 is 1.71 bits per heavy atom. The Morgan fingerprint density at radius 2 is 2.50 bits per heavy atom. The smallest absolute Gasteiger partial charge is 0.256 e. The summed E-state index contributed by atoms with van der Waals surface area (Å²) in [5.41, 5.74) is 0.364. The van der Waals surface area contributed by atoms with E-state index < -0.39 is 0 Å². The van der Waals surface area contributed by atoms with Crippen molar-refractivity contribution in [1.29, 1.82) is 0 Å². The third-order valence-corrected chi connectivity index (χ3v) is 1.61. The molecule has 2 N–H and O–H groups in total. The van der Waals surface area contributed by atoms with Gasteiger partial charge >= 0.3 is 0 Å². The van der Waals surface area contributed by atoms with Crippen molar-refractivity contribution in [2.45, 2.75) is 0 Å². The Labute approximate surface area is 81.7 Å². The van der Waals surface area contributed by atoms with E-state index >= 15 is 0 Å². The van der Waals surface area contributed by atoms with Gasteiger partial charge in [0.25, 0.3) is 5.91 Å². The van der Waals surface area contributed by atoms with Crippen molar-refractivity contribution in [1.82, 2.24) is 10.3 Å². The van der Waals surface area contributed by atoms with Gasteiger partial charge in [-0.25, -0.2) is 4.98 Å². The van der Waals surface area contributed by atoms with Crippen LogP contribution in [0.4, 0.5) is 0 Å². The highest BCUT2D eigenvalue weighted by Gasteiger charge is 2.11. The number of aliphatic hydroxyl groups is 1. The average Bonchev–Trinajstić information content (AvgIpc) is 2.25. The fraction of sp³-hybridized carbons (Fsp3) is 0.333. The second-order valence-electron chi connectivity index (χ2n) is 2.54. The van der Waals surface area contributed by atoms with Gasteiger partial charge in [-0.15, -0.1) is 0 Å². The summed E-state index contributed by atoms with van der Waals surface area (Å²) in [5, 5.41) is 11.0. The van der Waals surface area contributed by atoms with E-state index in [2.05, 4.69) is 10.3 Å². The van der Waals surface area contributed by atoms with Crippen molar-refractivity contribution in [2.75, 3.05) is 20.3 Å². The monoisotopic (exact) mass is 196 g/mol. The molecule has 0 aliphatic heterocycles. The van der Waals surface area contributed by atoms with Gasteiger partial charge in [0.1, 0.15) is 5.56 Å². The van der Waals surface area contributed by atoms with Gasteiger partial charge in [-0.2, -0.15) is 0 Å². The van der Waals surface area contributed by atoms with Gasteiger partial charge in [0.15, 0.2) is 0 Å². The number of methoxy groups -OCH3 is 1. The van der Waals surface area contributed by atoms with Crippen molar-refractivity contribution >= 4 is 5.91 Å². The van der Waals surface area contributed by atoms with Crippen LogP contribution in [0, 0.1) is 0 Å². The van der Waals surface area contributed by atoms with Crippen LogP contribution in [0.25, 0.3) is 0 Å². The number of aliphatic hydroxyl groups excluding tert-OH is 1. The molecule has 0 aromatic carbocycles. The van der Waals surface area contributed by atoms with Crippen LogP contribution < -0.4 is 10.1 Å². The summed E-state index contributed by atoms with van der Waals surface area (Å²) in [4.78, 5) is 15.3. The van der Waals surface area contributed by atoms with Crippen LogP contribution in [0.1, 0.15) is 10.4 Å². The van der Waals surface area contributed by atoms with E-state index in [9.17, 15) is 4.79 Å². The number of ether oxygens (including phenoxy) is 1. The van der Waals surface area contributed by atoms with Crippen LogP contribution in [0.15, 0.2) is 18.3 Å². The van der Waals surface area contributed by atoms with Crippen LogP contribution >= 0.6 is 0 Å². The molecule has 0 saturated heterocycles. The van der Waals surface area contributed by atoms with Gasteiger partial charge in [0.2, 0.25) is 5.88 Å². The number of hydrogen-bond acceptors (Lipinski definition) is 4. The van der Waals surface area contributed by atoms with Gasteiger partial charge in [-0.1, -0.05) is 0 Å². The maximum atomic E-state index is 11.4. The normalized spacial score (nSPS) is 9.57. The lowest BCUT2D eigenvalue weighted by Crippen LogP contribution is -2.26. The number of pyridine rings is 1. The van der Waals surface area contributed by atoms with Crippen LogP contribution in [-0.2, 0) is 0 Å². The number of carbonyl (C=O) groups excluding carboxylic acids is 1. The van der Waals surface area contributed by atoms with E-state index in [1.165, 1.54) is 7.11 Å². The lowest BCUT2D eigenvalue weighted by atomic mass is 10.2. The van der Waals surface area contributed by atoms with Crippen molar-refractivity contribution in [3.63, 3.8) is 0 Å². The molecule has 0 aliphatic rings. The Bertz CT molecular complexity index is 315. The van der Waals surface area contributed by atoms with Crippen molar-refractivity contribution in [3.8, 4) is 5.88 Å². The molecule has 5 nitrogen and oxygen atoms in total. The highest BCUT2D eigenvalue weighted by molar-refractivity contribution is 5.96. The van der Waals surface area contributed by atoms with Crippen LogP contribution in [-0.4, -0.2) is 36.3 Å². The number of amides is 1. The first-order valence-electron chi connectivity index (χ1n) is 4.17. The van der Waals surface area contributed by atoms with Crippen molar-refractivity contribution in [2.24, 2.45) is 0 Å². The predicted octanol–water partition coefficient (Wildman–Crippen LogP) is -0.188. The summed E-state index contributed by atoms with van der Waals surface area (Å²) in [6, 6.07) is 3.26. The first-order chi connectivity index (χ1) is 6.79. The van der Waals surface area contributed by atoms with E-state index in [4.69, 9.17) is 9.84 Å². The second-order valence-corrected chi connectivity index (χ2v) is 2.54. The minimum Gasteiger partial charge on any atom is -0.480 e. The summed E-state index contributed by atoms with van der Waals surface area (Å²) in [7, 11) is 1.45. The Kier molecular flexibility index (Phi) is 3.87. The van der Waals surface area contributed by atoms with Crippen molar-refractivity contribution < 1.29 is 14.6 Å². The fourth-order valence-corrected chi connectivity index (χ4v) is 0.991. The quantitative estimate of drug-likeness (QED) is 0.700. The SMILES string of the molecule is COc1ncccc1C(=O)NCCO. The molecule has 1 amide bonds. The second kappa shape index (κ2) is 5.18. The highest BCUT2D eigenvalue weighted by atomic mass is 16.5. The Hall–Kier alpha value is -1.62. The molecule has 0 fully saturated rings. The molecule has 0 aliphatic carbocycles. The van der Waals surface area contributed by atoms with E-state index in [0.29, 0.717) is 5.56 Å². The molecule has 76 valence electrons. The summed E-state index contributed by atoms with van der Waals surface area (Å²) >= 11 is 0. The summed E-state index contributed by atoms with van der Waals surface area (Å²) in [5.74, 6) is -0.0214. The predicted molar refractivity (Wildman–Crippen MR) is 50.2 cm³/mol. The number of aromatic nitrogens is 1.